The van der Waals surface area contributed by atoms with E-state index in [0.29, 0.717) is 43.8 Å². The first-order valence-corrected chi connectivity index (χ1v) is 12.8. The predicted octanol–water partition coefficient (Wildman–Crippen LogP) is 5.53. The molecule has 3 saturated heterocycles. The van der Waals surface area contributed by atoms with Gasteiger partial charge < -0.3 is 14.5 Å². The molecule has 0 spiro atoms. The van der Waals surface area contributed by atoms with Crippen molar-refractivity contribution in [3.63, 3.8) is 0 Å². The van der Waals surface area contributed by atoms with Crippen LogP contribution in [0.1, 0.15) is 35.4 Å². The molecule has 3 aliphatic heterocycles. The molecule has 216 valence electrons. The molecule has 0 bridgehead atoms. The first-order chi connectivity index (χ1) is 18.8. The van der Waals surface area contributed by atoms with Crippen LogP contribution in [-0.4, -0.2) is 67.2 Å². The summed E-state index contributed by atoms with van der Waals surface area (Å²) in [5, 5.41) is 0. The van der Waals surface area contributed by atoms with Gasteiger partial charge in [0.2, 0.25) is 5.91 Å². The first kappa shape index (κ1) is 28.2. The molecule has 0 aromatic heterocycles. The summed E-state index contributed by atoms with van der Waals surface area (Å²) in [6, 6.07) is 5.33. The van der Waals surface area contributed by atoms with E-state index in [4.69, 9.17) is 4.74 Å². The van der Waals surface area contributed by atoms with Gasteiger partial charge in [0.1, 0.15) is 5.82 Å². The van der Waals surface area contributed by atoms with E-state index < -0.39 is 53.0 Å². The van der Waals surface area contributed by atoms with Crippen LogP contribution in [0.5, 0.6) is 0 Å². The number of likely N-dealkylation sites (tertiary alicyclic amines) is 1. The van der Waals surface area contributed by atoms with Crippen molar-refractivity contribution in [3.05, 3.63) is 65.0 Å². The van der Waals surface area contributed by atoms with Crippen LogP contribution in [0.2, 0.25) is 0 Å². The fourth-order valence-electron chi connectivity index (χ4n) is 5.72. The molecule has 2 aromatic carbocycles. The Morgan fingerprint density at radius 1 is 0.850 bits per heavy atom. The van der Waals surface area contributed by atoms with Crippen LogP contribution in [-0.2, 0) is 21.9 Å². The van der Waals surface area contributed by atoms with Gasteiger partial charge in [0, 0.05) is 56.9 Å². The van der Waals surface area contributed by atoms with Crippen LogP contribution < -0.4 is 4.90 Å². The second-order valence-electron chi connectivity index (χ2n) is 10.2. The molecule has 0 N–H and O–H groups in total. The van der Waals surface area contributed by atoms with Crippen LogP contribution in [0, 0.1) is 11.7 Å². The number of rotatable bonds is 4. The SMILES string of the molecule is O=C(C1CCOCC1)N1C[C@@H](c2ccc(F)cc2)[C@@H](N2CCN(c3cc(C(F)(F)F)cc(C(F)(F)F)c3)C2=O)C1. The molecule has 3 aliphatic rings. The number of amides is 3. The molecule has 2 aromatic rings. The highest BCUT2D eigenvalue weighted by atomic mass is 19.4. The average molecular weight is 574 g/mol. The Kier molecular flexibility index (Phi) is 7.45. The molecule has 40 heavy (non-hydrogen) atoms. The zero-order valence-corrected chi connectivity index (χ0v) is 21.1. The summed E-state index contributed by atoms with van der Waals surface area (Å²) in [7, 11) is 0. The van der Waals surface area contributed by atoms with E-state index in [1.807, 2.05) is 0 Å². The van der Waals surface area contributed by atoms with Gasteiger partial charge >= 0.3 is 18.4 Å². The molecule has 3 amide bonds. The van der Waals surface area contributed by atoms with E-state index in [0.717, 1.165) is 4.90 Å². The van der Waals surface area contributed by atoms with E-state index in [1.54, 1.807) is 17.0 Å². The van der Waals surface area contributed by atoms with E-state index in [1.165, 1.54) is 17.0 Å². The summed E-state index contributed by atoms with van der Waals surface area (Å²) in [6.07, 6.45) is -9.01. The fourth-order valence-corrected chi connectivity index (χ4v) is 5.72. The van der Waals surface area contributed by atoms with Crippen molar-refractivity contribution in [2.45, 2.75) is 37.2 Å². The molecule has 13 heteroatoms. The molecule has 0 unspecified atom stereocenters. The number of nitrogens with zero attached hydrogens (tertiary/aromatic N) is 3. The number of carbonyl (C=O) groups is 2. The van der Waals surface area contributed by atoms with Crippen LogP contribution in [0.3, 0.4) is 0 Å². The topological polar surface area (TPSA) is 53.1 Å². The minimum absolute atomic E-state index is 0.0170. The predicted molar refractivity (Wildman–Crippen MR) is 129 cm³/mol. The lowest BCUT2D eigenvalue weighted by Crippen LogP contribution is -2.44. The van der Waals surface area contributed by atoms with Gasteiger partial charge in [-0.25, -0.2) is 9.18 Å². The third kappa shape index (κ3) is 5.61. The third-order valence-electron chi connectivity index (χ3n) is 7.79. The number of anilines is 1. The van der Waals surface area contributed by atoms with Gasteiger partial charge in [-0.1, -0.05) is 12.1 Å². The van der Waals surface area contributed by atoms with E-state index >= 15 is 0 Å². The number of halogens is 7. The van der Waals surface area contributed by atoms with Crippen LogP contribution in [0.25, 0.3) is 0 Å². The maximum absolute atomic E-state index is 13.6. The van der Waals surface area contributed by atoms with Crippen LogP contribution in [0.15, 0.2) is 42.5 Å². The number of hydrogen-bond donors (Lipinski definition) is 0. The van der Waals surface area contributed by atoms with Crippen molar-refractivity contribution in [1.29, 1.82) is 0 Å². The molecule has 6 nitrogen and oxygen atoms in total. The van der Waals surface area contributed by atoms with Crippen molar-refractivity contribution < 1.29 is 45.1 Å². The number of benzene rings is 2. The highest BCUT2D eigenvalue weighted by molar-refractivity contribution is 5.95. The lowest BCUT2D eigenvalue weighted by Gasteiger charge is -2.29. The van der Waals surface area contributed by atoms with Gasteiger partial charge in [-0.2, -0.15) is 26.3 Å². The lowest BCUT2D eigenvalue weighted by molar-refractivity contribution is -0.143. The van der Waals surface area contributed by atoms with Crippen molar-refractivity contribution in [3.8, 4) is 0 Å². The number of alkyl halides is 6. The summed E-state index contributed by atoms with van der Waals surface area (Å²) >= 11 is 0. The zero-order valence-electron chi connectivity index (χ0n) is 21.1. The van der Waals surface area contributed by atoms with Crippen molar-refractivity contribution in [1.82, 2.24) is 9.80 Å². The molecule has 0 saturated carbocycles. The molecule has 0 radical (unpaired) electrons. The fraction of sp³-hybridized carbons (Fsp3) is 0.481. The van der Waals surface area contributed by atoms with Crippen LogP contribution in [0.4, 0.5) is 41.2 Å². The summed E-state index contributed by atoms with van der Waals surface area (Å²) in [4.78, 5) is 30.8. The maximum atomic E-state index is 13.6. The molecule has 5 rings (SSSR count). The van der Waals surface area contributed by atoms with Gasteiger partial charge in [0.15, 0.2) is 0 Å². The Morgan fingerprint density at radius 3 is 2.02 bits per heavy atom. The minimum atomic E-state index is -5.05. The number of urea groups is 1. The Bertz CT molecular complexity index is 1230. The smallest absolute Gasteiger partial charge is 0.381 e. The Hall–Kier alpha value is -3.35. The first-order valence-electron chi connectivity index (χ1n) is 12.8. The zero-order chi connectivity index (χ0) is 28.8. The average Bonchev–Trinajstić information content (AvgIpc) is 3.51. The summed E-state index contributed by atoms with van der Waals surface area (Å²) in [5.41, 5.74) is -2.87. The van der Waals surface area contributed by atoms with Gasteiger partial charge in [-0.05, 0) is 48.7 Å². The van der Waals surface area contributed by atoms with Gasteiger partial charge in [-0.15, -0.1) is 0 Å². The summed E-state index contributed by atoms with van der Waals surface area (Å²) in [6.45, 7) is 1.15. The van der Waals surface area contributed by atoms with E-state index in [-0.39, 0.29) is 44.1 Å². The van der Waals surface area contributed by atoms with Crippen molar-refractivity contribution in [2.75, 3.05) is 44.3 Å². The van der Waals surface area contributed by atoms with Gasteiger partial charge in [-0.3, -0.25) is 9.69 Å². The highest BCUT2D eigenvalue weighted by Crippen LogP contribution is 2.40. The van der Waals surface area contributed by atoms with Crippen molar-refractivity contribution >= 4 is 17.6 Å². The number of ether oxygens (including phenoxy) is 1. The van der Waals surface area contributed by atoms with Crippen LogP contribution >= 0.6 is 0 Å². The number of carbonyl (C=O) groups excluding carboxylic acids is 2. The molecular weight excluding hydrogens is 547 g/mol. The lowest BCUT2D eigenvalue weighted by atomic mass is 9.93. The molecule has 2 atom stereocenters. The number of hydrogen-bond acceptors (Lipinski definition) is 3. The minimum Gasteiger partial charge on any atom is -0.381 e. The summed E-state index contributed by atoms with van der Waals surface area (Å²) < 4.78 is 99.6. The second-order valence-corrected chi connectivity index (χ2v) is 10.2. The second kappa shape index (κ2) is 10.6. The molecule has 3 heterocycles. The Labute approximate surface area is 225 Å². The molecule has 3 fully saturated rings. The van der Waals surface area contributed by atoms with Gasteiger partial charge in [0.25, 0.3) is 0 Å². The Balaban J connectivity index is 1.44. The quantitative estimate of drug-likeness (QED) is 0.453. The molecule has 0 aliphatic carbocycles. The summed E-state index contributed by atoms with van der Waals surface area (Å²) in [5.74, 6) is -1.26. The van der Waals surface area contributed by atoms with Gasteiger partial charge in [0.05, 0.1) is 17.2 Å². The van der Waals surface area contributed by atoms with E-state index in [2.05, 4.69) is 0 Å². The Morgan fingerprint density at radius 2 is 1.45 bits per heavy atom. The molecular formula is C27H26F7N3O3. The normalized spacial score (nSPS) is 22.9. The standard InChI is InChI=1S/C27H26F7N3O3/c28-20-3-1-16(2-4-20)22-14-35(24(38)17-5-9-40-10-6-17)15-23(22)37-8-7-36(25(37)39)21-12-18(26(29,30)31)11-19(13-21)27(32,33)34/h1-4,11-13,17,22-23H,5-10,14-15H2/t22-,23-/m0/s1. The van der Waals surface area contributed by atoms with E-state index in [9.17, 15) is 40.3 Å². The third-order valence-corrected chi connectivity index (χ3v) is 7.79. The van der Waals surface area contributed by atoms with Crippen molar-refractivity contribution in [2.24, 2.45) is 5.92 Å². The largest absolute Gasteiger partial charge is 0.416 e. The highest BCUT2D eigenvalue weighted by Gasteiger charge is 2.46. The monoisotopic (exact) mass is 573 g/mol. The maximum Gasteiger partial charge on any atom is 0.416 e.